The van der Waals surface area contributed by atoms with Crippen LogP contribution in [0.25, 0.3) is 0 Å². The quantitative estimate of drug-likeness (QED) is 0.751. The third-order valence-electron chi connectivity index (χ3n) is 5.37. The molecule has 0 bridgehead atoms. The molecule has 1 atom stereocenters. The number of rotatable bonds is 6. The first-order chi connectivity index (χ1) is 11.1. The maximum absolute atomic E-state index is 12.8. The van der Waals surface area contributed by atoms with Gasteiger partial charge in [0.2, 0.25) is 0 Å². The number of nitrogens with zero attached hydrogens (tertiary/aromatic N) is 1. The first-order valence-corrected chi connectivity index (χ1v) is 9.07. The van der Waals surface area contributed by atoms with Crippen LogP contribution in [0.2, 0.25) is 0 Å². The van der Waals surface area contributed by atoms with Crippen LogP contribution in [0, 0.1) is 18.3 Å². The Hall–Kier alpha value is -1.35. The summed E-state index contributed by atoms with van der Waals surface area (Å²) in [6.45, 7) is 7.66. The number of esters is 1. The SMILES string of the molecule is CCOC(=O)C1(Cc2ccccc2C)CCCN(CC2CC2)C1. The summed E-state index contributed by atoms with van der Waals surface area (Å²) in [5.74, 6) is 0.871. The van der Waals surface area contributed by atoms with Crippen molar-refractivity contribution >= 4 is 5.97 Å². The molecule has 126 valence electrons. The molecule has 23 heavy (non-hydrogen) atoms. The van der Waals surface area contributed by atoms with Gasteiger partial charge in [-0.1, -0.05) is 24.3 Å². The van der Waals surface area contributed by atoms with Crippen LogP contribution in [0.4, 0.5) is 0 Å². The van der Waals surface area contributed by atoms with Crippen molar-refractivity contribution < 1.29 is 9.53 Å². The molecule has 1 aromatic rings. The smallest absolute Gasteiger partial charge is 0.313 e. The number of benzene rings is 1. The van der Waals surface area contributed by atoms with Crippen molar-refractivity contribution in [3.63, 3.8) is 0 Å². The number of carbonyl (C=O) groups is 1. The van der Waals surface area contributed by atoms with Gasteiger partial charge in [0.25, 0.3) is 0 Å². The Bertz CT molecular complexity index is 552. The Morgan fingerprint density at radius 1 is 1.35 bits per heavy atom. The number of hydrogen-bond donors (Lipinski definition) is 0. The molecule has 1 aromatic carbocycles. The summed E-state index contributed by atoms with van der Waals surface area (Å²) < 4.78 is 5.50. The first-order valence-electron chi connectivity index (χ1n) is 9.07. The van der Waals surface area contributed by atoms with Gasteiger partial charge >= 0.3 is 5.97 Å². The zero-order valence-electron chi connectivity index (χ0n) is 14.5. The van der Waals surface area contributed by atoms with Gasteiger partial charge in [-0.15, -0.1) is 0 Å². The van der Waals surface area contributed by atoms with Crippen LogP contribution in [-0.4, -0.2) is 37.1 Å². The van der Waals surface area contributed by atoms with Gasteiger partial charge in [0.1, 0.15) is 0 Å². The van der Waals surface area contributed by atoms with E-state index in [-0.39, 0.29) is 11.4 Å². The third kappa shape index (κ3) is 3.95. The van der Waals surface area contributed by atoms with Gasteiger partial charge in [-0.2, -0.15) is 0 Å². The number of likely N-dealkylation sites (tertiary alicyclic amines) is 1. The minimum atomic E-state index is -0.366. The summed E-state index contributed by atoms with van der Waals surface area (Å²) in [7, 11) is 0. The Morgan fingerprint density at radius 2 is 2.13 bits per heavy atom. The van der Waals surface area contributed by atoms with E-state index >= 15 is 0 Å². The number of hydrogen-bond acceptors (Lipinski definition) is 3. The zero-order chi connectivity index (χ0) is 16.3. The van der Waals surface area contributed by atoms with Crippen LogP contribution in [0.5, 0.6) is 0 Å². The molecule has 1 heterocycles. The predicted molar refractivity (Wildman–Crippen MR) is 92.3 cm³/mol. The lowest BCUT2D eigenvalue weighted by atomic mass is 9.74. The number of carbonyl (C=O) groups excluding carboxylic acids is 1. The lowest BCUT2D eigenvalue weighted by Crippen LogP contribution is -2.50. The van der Waals surface area contributed by atoms with Crippen molar-refractivity contribution in [3.05, 3.63) is 35.4 Å². The topological polar surface area (TPSA) is 29.5 Å². The minimum absolute atomic E-state index is 0.00347. The van der Waals surface area contributed by atoms with Crippen molar-refractivity contribution in [3.8, 4) is 0 Å². The van der Waals surface area contributed by atoms with Crippen LogP contribution in [0.15, 0.2) is 24.3 Å². The summed E-state index contributed by atoms with van der Waals surface area (Å²) in [5.41, 5.74) is 2.19. The van der Waals surface area contributed by atoms with E-state index in [2.05, 4.69) is 36.1 Å². The van der Waals surface area contributed by atoms with Gasteiger partial charge in [-0.25, -0.2) is 0 Å². The Balaban J connectivity index is 1.81. The molecule has 1 aliphatic carbocycles. The van der Waals surface area contributed by atoms with Crippen LogP contribution >= 0.6 is 0 Å². The van der Waals surface area contributed by atoms with E-state index in [0.29, 0.717) is 6.61 Å². The molecule has 1 saturated carbocycles. The molecule has 0 aromatic heterocycles. The van der Waals surface area contributed by atoms with E-state index in [1.165, 1.54) is 24.0 Å². The highest BCUT2D eigenvalue weighted by molar-refractivity contribution is 5.78. The minimum Gasteiger partial charge on any atom is -0.466 e. The highest BCUT2D eigenvalue weighted by Crippen LogP contribution is 2.38. The molecule has 1 saturated heterocycles. The van der Waals surface area contributed by atoms with Crippen molar-refractivity contribution in [2.75, 3.05) is 26.2 Å². The molecule has 0 spiro atoms. The Labute approximate surface area is 140 Å². The number of piperidine rings is 1. The summed E-state index contributed by atoms with van der Waals surface area (Å²) in [4.78, 5) is 15.3. The van der Waals surface area contributed by atoms with Crippen LogP contribution in [-0.2, 0) is 16.0 Å². The molecule has 0 amide bonds. The fourth-order valence-electron chi connectivity index (χ4n) is 3.89. The molecule has 3 nitrogen and oxygen atoms in total. The van der Waals surface area contributed by atoms with E-state index in [9.17, 15) is 4.79 Å². The van der Waals surface area contributed by atoms with E-state index < -0.39 is 0 Å². The van der Waals surface area contributed by atoms with Crippen LogP contribution in [0.1, 0.15) is 43.7 Å². The highest BCUT2D eigenvalue weighted by atomic mass is 16.5. The largest absolute Gasteiger partial charge is 0.466 e. The molecular weight excluding hydrogens is 286 g/mol. The summed E-state index contributed by atoms with van der Waals surface area (Å²) in [6.07, 6.45) is 5.57. The molecule has 3 heteroatoms. The molecule has 1 aliphatic heterocycles. The van der Waals surface area contributed by atoms with Crippen molar-refractivity contribution in [2.45, 2.75) is 46.0 Å². The van der Waals surface area contributed by atoms with Crippen LogP contribution in [0.3, 0.4) is 0 Å². The second-order valence-electron chi connectivity index (χ2n) is 7.39. The number of ether oxygens (including phenoxy) is 1. The number of aryl methyl sites for hydroxylation is 1. The fourth-order valence-corrected chi connectivity index (χ4v) is 3.89. The maximum Gasteiger partial charge on any atom is 0.313 e. The average molecular weight is 315 g/mol. The van der Waals surface area contributed by atoms with Gasteiger partial charge in [0, 0.05) is 13.1 Å². The van der Waals surface area contributed by atoms with Gasteiger partial charge in [0.05, 0.1) is 12.0 Å². The molecule has 1 unspecified atom stereocenters. The maximum atomic E-state index is 12.8. The van der Waals surface area contributed by atoms with E-state index in [1.54, 1.807) is 0 Å². The standard InChI is InChI=1S/C20H29NO2/c1-3-23-19(22)20(13-18-8-5-4-7-16(18)2)11-6-12-21(15-20)14-17-9-10-17/h4-5,7-8,17H,3,6,9-15H2,1-2H3. The van der Waals surface area contributed by atoms with Gasteiger partial charge in [0.15, 0.2) is 0 Å². The van der Waals surface area contributed by atoms with Crippen molar-refractivity contribution in [1.82, 2.24) is 4.90 Å². The zero-order valence-corrected chi connectivity index (χ0v) is 14.5. The summed E-state index contributed by atoms with van der Waals surface area (Å²) >= 11 is 0. The molecule has 2 aliphatic rings. The van der Waals surface area contributed by atoms with Crippen LogP contribution < -0.4 is 0 Å². The Morgan fingerprint density at radius 3 is 2.83 bits per heavy atom. The predicted octanol–water partition coefficient (Wildman–Crippen LogP) is 3.59. The lowest BCUT2D eigenvalue weighted by Gasteiger charge is -2.41. The normalized spacial score (nSPS) is 25.3. The van der Waals surface area contributed by atoms with Gasteiger partial charge < -0.3 is 9.64 Å². The molecular formula is C20H29NO2. The first kappa shape index (κ1) is 16.5. The van der Waals surface area contributed by atoms with E-state index in [0.717, 1.165) is 44.8 Å². The molecule has 3 rings (SSSR count). The van der Waals surface area contributed by atoms with Gasteiger partial charge in [-0.05, 0) is 69.5 Å². The average Bonchev–Trinajstić information content (AvgIpc) is 3.34. The monoisotopic (exact) mass is 315 g/mol. The molecule has 0 radical (unpaired) electrons. The summed E-state index contributed by atoms with van der Waals surface area (Å²) in [5, 5.41) is 0. The summed E-state index contributed by atoms with van der Waals surface area (Å²) in [6, 6.07) is 8.44. The van der Waals surface area contributed by atoms with Gasteiger partial charge in [-0.3, -0.25) is 4.79 Å². The van der Waals surface area contributed by atoms with Crippen molar-refractivity contribution in [1.29, 1.82) is 0 Å². The second-order valence-corrected chi connectivity index (χ2v) is 7.39. The molecule has 2 fully saturated rings. The fraction of sp³-hybridized carbons (Fsp3) is 0.650. The highest BCUT2D eigenvalue weighted by Gasteiger charge is 2.44. The van der Waals surface area contributed by atoms with E-state index in [1.807, 2.05) is 6.92 Å². The Kier molecular flexibility index (Phi) is 5.05. The van der Waals surface area contributed by atoms with E-state index in [4.69, 9.17) is 4.74 Å². The van der Waals surface area contributed by atoms with Crippen molar-refractivity contribution in [2.24, 2.45) is 11.3 Å². The lowest BCUT2D eigenvalue weighted by molar-refractivity contribution is -0.159. The second kappa shape index (κ2) is 7.04. The molecule has 0 N–H and O–H groups in total. The third-order valence-corrected chi connectivity index (χ3v) is 5.37.